The Morgan fingerprint density at radius 1 is 1.40 bits per heavy atom. The molecule has 0 aliphatic heterocycles. The molecule has 1 saturated carbocycles. The van der Waals surface area contributed by atoms with E-state index in [0.29, 0.717) is 12.6 Å². The number of rotatable bonds is 7. The number of hydrogen-bond donors (Lipinski definition) is 2. The molecule has 0 bridgehead atoms. The highest BCUT2D eigenvalue weighted by molar-refractivity contribution is 5.80. The molecule has 0 spiro atoms. The molecule has 0 aromatic heterocycles. The fourth-order valence-electron chi connectivity index (χ4n) is 1.38. The van der Waals surface area contributed by atoms with Crippen LogP contribution in [0.25, 0.3) is 0 Å². The Balaban J connectivity index is 1.98. The van der Waals surface area contributed by atoms with E-state index in [1.807, 2.05) is 7.05 Å². The van der Waals surface area contributed by atoms with Gasteiger partial charge in [-0.1, -0.05) is 0 Å². The molecule has 1 aliphatic carbocycles. The van der Waals surface area contributed by atoms with Crippen molar-refractivity contribution in [2.75, 3.05) is 20.1 Å². The fourth-order valence-corrected chi connectivity index (χ4v) is 1.38. The van der Waals surface area contributed by atoms with Gasteiger partial charge in [0, 0.05) is 25.6 Å². The smallest absolute Gasteiger partial charge is 0.303 e. The van der Waals surface area contributed by atoms with Gasteiger partial charge in [-0.05, 0) is 19.9 Å². The van der Waals surface area contributed by atoms with E-state index < -0.39 is 5.97 Å². The molecule has 0 atom stereocenters. The van der Waals surface area contributed by atoms with Crippen molar-refractivity contribution in [1.82, 2.24) is 10.2 Å². The van der Waals surface area contributed by atoms with Crippen molar-refractivity contribution in [2.45, 2.75) is 31.7 Å². The summed E-state index contributed by atoms with van der Waals surface area (Å²) in [4.78, 5) is 23.5. The second kappa shape index (κ2) is 5.70. The van der Waals surface area contributed by atoms with Crippen LogP contribution in [0.15, 0.2) is 0 Å². The van der Waals surface area contributed by atoms with Gasteiger partial charge in [0.05, 0.1) is 6.42 Å². The lowest BCUT2D eigenvalue weighted by Crippen LogP contribution is -2.34. The van der Waals surface area contributed by atoms with Crippen LogP contribution >= 0.6 is 0 Å². The first-order valence-electron chi connectivity index (χ1n) is 5.28. The highest BCUT2D eigenvalue weighted by Crippen LogP contribution is 2.24. The van der Waals surface area contributed by atoms with E-state index in [2.05, 4.69) is 10.2 Å². The van der Waals surface area contributed by atoms with Crippen LogP contribution in [0.2, 0.25) is 0 Å². The van der Waals surface area contributed by atoms with E-state index in [4.69, 9.17) is 5.11 Å². The maximum Gasteiger partial charge on any atom is 0.303 e. The Labute approximate surface area is 89.4 Å². The van der Waals surface area contributed by atoms with Crippen molar-refractivity contribution in [2.24, 2.45) is 0 Å². The molecule has 0 aromatic carbocycles. The van der Waals surface area contributed by atoms with Crippen LogP contribution in [0.1, 0.15) is 25.7 Å². The molecule has 0 radical (unpaired) electrons. The Morgan fingerprint density at radius 2 is 2.07 bits per heavy atom. The molecule has 86 valence electrons. The SMILES string of the molecule is CN(CCNC(=O)CCC(=O)O)C1CC1. The van der Waals surface area contributed by atoms with E-state index in [1.54, 1.807) is 0 Å². The van der Waals surface area contributed by atoms with Gasteiger partial charge in [0.2, 0.25) is 5.91 Å². The number of amides is 1. The maximum absolute atomic E-state index is 11.1. The molecule has 5 nitrogen and oxygen atoms in total. The van der Waals surface area contributed by atoms with Crippen LogP contribution in [-0.4, -0.2) is 48.1 Å². The summed E-state index contributed by atoms with van der Waals surface area (Å²) in [5, 5.41) is 11.1. The van der Waals surface area contributed by atoms with Gasteiger partial charge < -0.3 is 15.3 Å². The first-order valence-corrected chi connectivity index (χ1v) is 5.28. The van der Waals surface area contributed by atoms with Crippen LogP contribution < -0.4 is 5.32 Å². The first-order chi connectivity index (χ1) is 7.09. The van der Waals surface area contributed by atoms with E-state index in [1.165, 1.54) is 12.8 Å². The fraction of sp³-hybridized carbons (Fsp3) is 0.800. The molecule has 1 rings (SSSR count). The molecular formula is C10H18N2O3. The Hall–Kier alpha value is -1.10. The lowest BCUT2D eigenvalue weighted by molar-refractivity contribution is -0.138. The molecule has 0 unspecified atom stereocenters. The van der Waals surface area contributed by atoms with Crippen LogP contribution in [0.5, 0.6) is 0 Å². The molecule has 2 N–H and O–H groups in total. The summed E-state index contributed by atoms with van der Waals surface area (Å²) >= 11 is 0. The van der Waals surface area contributed by atoms with E-state index in [-0.39, 0.29) is 18.7 Å². The van der Waals surface area contributed by atoms with Crippen LogP contribution in [0.4, 0.5) is 0 Å². The molecule has 0 aromatic rings. The van der Waals surface area contributed by atoms with Crippen LogP contribution in [0.3, 0.4) is 0 Å². The third-order valence-corrected chi connectivity index (χ3v) is 2.52. The largest absolute Gasteiger partial charge is 0.481 e. The van der Waals surface area contributed by atoms with E-state index >= 15 is 0 Å². The minimum Gasteiger partial charge on any atom is -0.481 e. The zero-order valence-electron chi connectivity index (χ0n) is 9.03. The number of aliphatic carboxylic acids is 1. The lowest BCUT2D eigenvalue weighted by atomic mass is 10.3. The number of likely N-dealkylation sites (N-methyl/N-ethyl adjacent to an activating group) is 1. The van der Waals surface area contributed by atoms with Crippen molar-refractivity contribution >= 4 is 11.9 Å². The first kappa shape index (κ1) is 12.0. The van der Waals surface area contributed by atoms with Gasteiger partial charge in [-0.25, -0.2) is 0 Å². The summed E-state index contributed by atoms with van der Waals surface area (Å²) < 4.78 is 0. The zero-order valence-corrected chi connectivity index (χ0v) is 9.03. The standard InChI is InChI=1S/C10H18N2O3/c1-12(8-2-3-8)7-6-11-9(13)4-5-10(14)15/h8H,2-7H2,1H3,(H,11,13)(H,14,15). The normalized spacial score (nSPS) is 15.3. The Kier molecular flexibility index (Phi) is 4.55. The lowest BCUT2D eigenvalue weighted by Gasteiger charge is -2.15. The second-order valence-corrected chi connectivity index (χ2v) is 3.96. The maximum atomic E-state index is 11.1. The number of nitrogens with one attached hydrogen (secondary N) is 1. The van der Waals surface area contributed by atoms with Gasteiger partial charge in [0.25, 0.3) is 0 Å². The third kappa shape index (κ3) is 5.37. The number of carbonyl (C=O) groups is 2. The summed E-state index contributed by atoms with van der Waals surface area (Å²) in [7, 11) is 2.04. The van der Waals surface area contributed by atoms with Gasteiger partial charge in [-0.15, -0.1) is 0 Å². The number of carboxylic acid groups (broad SMARTS) is 1. The highest BCUT2D eigenvalue weighted by Gasteiger charge is 2.25. The highest BCUT2D eigenvalue weighted by atomic mass is 16.4. The average molecular weight is 214 g/mol. The number of nitrogens with zero attached hydrogens (tertiary/aromatic N) is 1. The van der Waals surface area contributed by atoms with Crippen molar-refractivity contribution in [3.63, 3.8) is 0 Å². The quantitative estimate of drug-likeness (QED) is 0.629. The van der Waals surface area contributed by atoms with Gasteiger partial charge in [0.1, 0.15) is 0 Å². The van der Waals surface area contributed by atoms with Gasteiger partial charge >= 0.3 is 5.97 Å². The predicted octanol–water partition coefficient (Wildman–Crippen LogP) is 0.0616. The van der Waals surface area contributed by atoms with E-state index in [9.17, 15) is 9.59 Å². The zero-order chi connectivity index (χ0) is 11.3. The molecule has 0 saturated heterocycles. The third-order valence-electron chi connectivity index (χ3n) is 2.52. The number of hydrogen-bond acceptors (Lipinski definition) is 3. The Bertz CT molecular complexity index is 239. The van der Waals surface area contributed by atoms with Gasteiger partial charge in [-0.3, -0.25) is 9.59 Å². The van der Waals surface area contributed by atoms with Crippen molar-refractivity contribution in [1.29, 1.82) is 0 Å². The average Bonchev–Trinajstić information content (AvgIpc) is 2.97. The van der Waals surface area contributed by atoms with Gasteiger partial charge in [-0.2, -0.15) is 0 Å². The molecule has 15 heavy (non-hydrogen) atoms. The van der Waals surface area contributed by atoms with Crippen molar-refractivity contribution in [3.8, 4) is 0 Å². The summed E-state index contributed by atoms with van der Waals surface area (Å²) in [5.41, 5.74) is 0. The number of carboxylic acids is 1. The summed E-state index contributed by atoms with van der Waals surface area (Å²) in [5.74, 6) is -1.11. The molecule has 5 heteroatoms. The summed E-state index contributed by atoms with van der Waals surface area (Å²) in [6.07, 6.45) is 2.49. The van der Waals surface area contributed by atoms with E-state index in [0.717, 1.165) is 6.54 Å². The number of carbonyl (C=O) groups excluding carboxylic acids is 1. The van der Waals surface area contributed by atoms with Crippen LogP contribution in [0, 0.1) is 0 Å². The van der Waals surface area contributed by atoms with Gasteiger partial charge in [0.15, 0.2) is 0 Å². The second-order valence-electron chi connectivity index (χ2n) is 3.96. The molecule has 0 heterocycles. The molecule has 1 amide bonds. The molecular weight excluding hydrogens is 196 g/mol. The molecule has 1 aliphatic rings. The predicted molar refractivity (Wildman–Crippen MR) is 55.5 cm³/mol. The monoisotopic (exact) mass is 214 g/mol. The van der Waals surface area contributed by atoms with Crippen molar-refractivity contribution in [3.05, 3.63) is 0 Å². The molecule has 1 fully saturated rings. The minimum absolute atomic E-state index is 0.0719. The summed E-state index contributed by atoms with van der Waals surface area (Å²) in [6, 6.07) is 0.695. The topological polar surface area (TPSA) is 69.6 Å². The Morgan fingerprint density at radius 3 is 2.60 bits per heavy atom. The van der Waals surface area contributed by atoms with Crippen molar-refractivity contribution < 1.29 is 14.7 Å². The van der Waals surface area contributed by atoms with Crippen LogP contribution in [-0.2, 0) is 9.59 Å². The minimum atomic E-state index is -0.930. The summed E-state index contributed by atoms with van der Waals surface area (Å²) in [6.45, 7) is 1.44.